The van der Waals surface area contributed by atoms with Gasteiger partial charge in [0.1, 0.15) is 0 Å². The molecule has 0 bridgehead atoms. The summed E-state index contributed by atoms with van der Waals surface area (Å²) in [4.78, 5) is 23.3. The molecule has 0 radical (unpaired) electrons. The first kappa shape index (κ1) is 17.7. The topological polar surface area (TPSA) is 58.2 Å². The van der Waals surface area contributed by atoms with Gasteiger partial charge < -0.3 is 10.6 Å². The number of benzene rings is 2. The van der Waals surface area contributed by atoms with Crippen LogP contribution in [-0.2, 0) is 17.8 Å². The average Bonchev–Trinajstić information content (AvgIpc) is 2.60. The molecule has 2 aromatic rings. The fourth-order valence-electron chi connectivity index (χ4n) is 2.41. The summed E-state index contributed by atoms with van der Waals surface area (Å²) in [6.45, 7) is 6.05. The molecular formula is C20H24N2O2. The molecule has 2 amide bonds. The second-order valence-corrected chi connectivity index (χ2v) is 5.90. The Morgan fingerprint density at radius 1 is 0.958 bits per heavy atom. The molecule has 0 aliphatic rings. The zero-order chi connectivity index (χ0) is 17.5. The summed E-state index contributed by atoms with van der Waals surface area (Å²) in [5.41, 5.74) is 3.94. The maximum Gasteiger partial charge on any atom is 0.251 e. The van der Waals surface area contributed by atoms with Gasteiger partial charge in [0.15, 0.2) is 0 Å². The monoisotopic (exact) mass is 324 g/mol. The van der Waals surface area contributed by atoms with Crippen LogP contribution in [0.25, 0.3) is 0 Å². The van der Waals surface area contributed by atoms with Crippen molar-refractivity contribution in [3.8, 4) is 0 Å². The lowest BCUT2D eigenvalue weighted by atomic mass is 10.0. The minimum Gasteiger partial charge on any atom is -0.352 e. The normalized spacial score (nSPS) is 11.6. The highest BCUT2D eigenvalue weighted by Crippen LogP contribution is 2.15. The van der Waals surface area contributed by atoms with E-state index in [-0.39, 0.29) is 17.9 Å². The summed E-state index contributed by atoms with van der Waals surface area (Å²) in [7, 11) is 0. The molecule has 2 rings (SSSR count). The van der Waals surface area contributed by atoms with Gasteiger partial charge in [-0.05, 0) is 42.2 Å². The Bertz CT molecular complexity index is 691. The van der Waals surface area contributed by atoms with Crippen molar-refractivity contribution in [2.45, 2.75) is 39.8 Å². The zero-order valence-corrected chi connectivity index (χ0v) is 14.4. The molecule has 0 saturated carbocycles. The third-order valence-corrected chi connectivity index (χ3v) is 3.99. The third kappa shape index (κ3) is 4.95. The molecule has 2 N–H and O–H groups in total. The van der Waals surface area contributed by atoms with E-state index in [9.17, 15) is 9.59 Å². The predicted octanol–water partition coefficient (Wildman–Crippen LogP) is 3.38. The number of rotatable bonds is 6. The lowest BCUT2D eigenvalue weighted by Crippen LogP contribution is -2.26. The Balaban J connectivity index is 1.96. The highest BCUT2D eigenvalue weighted by molar-refractivity contribution is 5.94. The van der Waals surface area contributed by atoms with Gasteiger partial charge in [-0.25, -0.2) is 0 Å². The van der Waals surface area contributed by atoms with Crippen molar-refractivity contribution in [1.29, 1.82) is 0 Å². The van der Waals surface area contributed by atoms with Crippen LogP contribution >= 0.6 is 0 Å². The lowest BCUT2D eigenvalue weighted by molar-refractivity contribution is -0.119. The zero-order valence-electron chi connectivity index (χ0n) is 14.4. The van der Waals surface area contributed by atoms with Crippen LogP contribution in [0.5, 0.6) is 0 Å². The van der Waals surface area contributed by atoms with Crippen molar-refractivity contribution in [2.24, 2.45) is 0 Å². The van der Waals surface area contributed by atoms with Crippen molar-refractivity contribution in [3.63, 3.8) is 0 Å². The highest BCUT2D eigenvalue weighted by atomic mass is 16.2. The smallest absolute Gasteiger partial charge is 0.251 e. The Morgan fingerprint density at radius 3 is 2.08 bits per heavy atom. The molecule has 4 nitrogen and oxygen atoms in total. The highest BCUT2D eigenvalue weighted by Gasteiger charge is 2.11. The van der Waals surface area contributed by atoms with E-state index in [4.69, 9.17) is 0 Å². The molecular weight excluding hydrogens is 300 g/mol. The van der Waals surface area contributed by atoms with E-state index in [1.54, 1.807) is 12.1 Å². The molecule has 0 heterocycles. The van der Waals surface area contributed by atoms with Crippen molar-refractivity contribution in [3.05, 3.63) is 70.8 Å². The Labute approximate surface area is 143 Å². The van der Waals surface area contributed by atoms with Crippen LogP contribution in [0, 0.1) is 0 Å². The van der Waals surface area contributed by atoms with Gasteiger partial charge >= 0.3 is 0 Å². The molecule has 0 aromatic heterocycles. The molecule has 1 unspecified atom stereocenters. The number of carbonyl (C=O) groups excluding carboxylic acids is 2. The summed E-state index contributed by atoms with van der Waals surface area (Å²) < 4.78 is 0. The molecule has 0 fully saturated rings. The minimum atomic E-state index is -0.104. The quantitative estimate of drug-likeness (QED) is 0.856. The van der Waals surface area contributed by atoms with Crippen LogP contribution in [-0.4, -0.2) is 11.8 Å². The second kappa shape index (κ2) is 8.29. The molecule has 2 aromatic carbocycles. The van der Waals surface area contributed by atoms with Crippen LogP contribution in [0.15, 0.2) is 48.5 Å². The third-order valence-electron chi connectivity index (χ3n) is 3.99. The van der Waals surface area contributed by atoms with Gasteiger partial charge in [-0.3, -0.25) is 9.59 Å². The molecule has 0 saturated heterocycles. The fourth-order valence-corrected chi connectivity index (χ4v) is 2.41. The number of nitrogens with one attached hydrogen (secondary N) is 2. The van der Waals surface area contributed by atoms with Gasteiger partial charge in [0.2, 0.25) is 5.91 Å². The molecule has 0 aliphatic carbocycles. The van der Waals surface area contributed by atoms with Crippen molar-refractivity contribution in [2.75, 3.05) is 0 Å². The first-order valence-corrected chi connectivity index (χ1v) is 8.22. The summed E-state index contributed by atoms with van der Waals surface area (Å²) in [6, 6.07) is 15.5. The maximum atomic E-state index is 12.3. The van der Waals surface area contributed by atoms with Crippen LogP contribution in [0.1, 0.15) is 53.9 Å². The van der Waals surface area contributed by atoms with Gasteiger partial charge in [-0.2, -0.15) is 0 Å². The maximum absolute atomic E-state index is 12.3. The predicted molar refractivity (Wildman–Crippen MR) is 95.7 cm³/mol. The van der Waals surface area contributed by atoms with E-state index < -0.39 is 0 Å². The first-order valence-electron chi connectivity index (χ1n) is 8.22. The number of carbonyl (C=O) groups is 2. The van der Waals surface area contributed by atoms with Crippen LogP contribution < -0.4 is 10.6 Å². The van der Waals surface area contributed by atoms with Gasteiger partial charge in [0, 0.05) is 19.0 Å². The van der Waals surface area contributed by atoms with E-state index in [0.29, 0.717) is 12.1 Å². The van der Waals surface area contributed by atoms with E-state index in [1.165, 1.54) is 12.5 Å². The fraction of sp³-hybridized carbons (Fsp3) is 0.300. The summed E-state index contributed by atoms with van der Waals surface area (Å²) >= 11 is 0. The second-order valence-electron chi connectivity index (χ2n) is 5.90. The van der Waals surface area contributed by atoms with Gasteiger partial charge in [0.25, 0.3) is 5.91 Å². The molecule has 0 spiro atoms. The lowest BCUT2D eigenvalue weighted by Gasteiger charge is -2.15. The summed E-state index contributed by atoms with van der Waals surface area (Å²) in [5.74, 6) is -0.173. The van der Waals surface area contributed by atoms with E-state index in [2.05, 4.69) is 41.8 Å². The van der Waals surface area contributed by atoms with Crippen molar-refractivity contribution < 1.29 is 9.59 Å². The standard InChI is InChI=1S/C20H24N2O2/c1-4-16-5-9-18(10-6-16)14(2)22-20(24)19-11-7-17(8-12-19)13-21-15(3)23/h5-12,14H,4,13H2,1-3H3,(H,21,23)(H,22,24). The van der Waals surface area contributed by atoms with Crippen molar-refractivity contribution >= 4 is 11.8 Å². The first-order chi connectivity index (χ1) is 11.5. The number of amides is 2. The Morgan fingerprint density at radius 2 is 1.54 bits per heavy atom. The van der Waals surface area contributed by atoms with Gasteiger partial charge in [0.05, 0.1) is 6.04 Å². The number of hydrogen-bond acceptors (Lipinski definition) is 2. The number of hydrogen-bond donors (Lipinski definition) is 2. The Kier molecular flexibility index (Phi) is 6.13. The SMILES string of the molecule is CCc1ccc(C(C)NC(=O)c2ccc(CNC(C)=O)cc2)cc1. The van der Waals surface area contributed by atoms with Crippen LogP contribution in [0.3, 0.4) is 0 Å². The molecule has 126 valence electrons. The van der Waals surface area contributed by atoms with Gasteiger partial charge in [-0.1, -0.05) is 43.3 Å². The average molecular weight is 324 g/mol. The molecule has 4 heteroatoms. The largest absolute Gasteiger partial charge is 0.352 e. The van der Waals surface area contributed by atoms with Crippen LogP contribution in [0.2, 0.25) is 0 Å². The molecule has 24 heavy (non-hydrogen) atoms. The number of aryl methyl sites for hydroxylation is 1. The summed E-state index contributed by atoms with van der Waals surface area (Å²) in [5, 5.41) is 5.74. The molecule has 0 aliphatic heterocycles. The molecule has 1 atom stereocenters. The van der Waals surface area contributed by atoms with E-state index >= 15 is 0 Å². The summed E-state index contributed by atoms with van der Waals surface area (Å²) in [6.07, 6.45) is 1.01. The van der Waals surface area contributed by atoms with Gasteiger partial charge in [-0.15, -0.1) is 0 Å². The Hall–Kier alpha value is -2.62. The van der Waals surface area contributed by atoms with Crippen molar-refractivity contribution in [1.82, 2.24) is 10.6 Å². The van der Waals surface area contributed by atoms with Crippen LogP contribution in [0.4, 0.5) is 0 Å². The minimum absolute atomic E-state index is 0.0533. The van der Waals surface area contributed by atoms with E-state index in [0.717, 1.165) is 17.5 Å². The van der Waals surface area contributed by atoms with E-state index in [1.807, 2.05) is 19.1 Å².